The molecule has 4 heteroatoms. The second-order valence-corrected chi connectivity index (χ2v) is 17.7. The van der Waals surface area contributed by atoms with Crippen molar-refractivity contribution in [2.75, 3.05) is 0 Å². The van der Waals surface area contributed by atoms with Gasteiger partial charge in [-0.15, -0.1) is 22.7 Å². The molecule has 0 amide bonds. The van der Waals surface area contributed by atoms with Crippen molar-refractivity contribution < 1.29 is 17.0 Å². The van der Waals surface area contributed by atoms with Crippen LogP contribution in [-0.2, 0) is 19.0 Å². The third kappa shape index (κ3) is 7.33. The third-order valence-corrected chi connectivity index (χ3v) is 15.9. The molecule has 45 heavy (non-hydrogen) atoms. The minimum Gasteiger partial charge on any atom is -1.00 e. The maximum atomic E-state index is 2.59. The van der Waals surface area contributed by atoms with E-state index < -0.39 is 7.26 Å². The van der Waals surface area contributed by atoms with E-state index in [1.165, 1.54) is 95.8 Å². The van der Waals surface area contributed by atoms with E-state index in [9.17, 15) is 0 Å². The molecule has 2 heterocycles. The summed E-state index contributed by atoms with van der Waals surface area (Å²) in [4.78, 5) is 1.52. The molecule has 0 unspecified atom stereocenters. The molecule has 2 aromatic heterocycles. The van der Waals surface area contributed by atoms with Gasteiger partial charge in [0.2, 0.25) is 0 Å². The van der Waals surface area contributed by atoms with Crippen LogP contribution in [0.25, 0.3) is 20.2 Å². The number of benzene rings is 4. The lowest BCUT2D eigenvalue weighted by Gasteiger charge is -2.27. The number of thiophene rings is 2. The zero-order valence-corrected chi connectivity index (χ0v) is 30.9. The van der Waals surface area contributed by atoms with Crippen molar-refractivity contribution in [1.29, 1.82) is 0 Å². The van der Waals surface area contributed by atoms with Crippen LogP contribution >= 0.6 is 29.9 Å². The van der Waals surface area contributed by atoms with Crippen molar-refractivity contribution >= 4 is 66.0 Å². The zero-order chi connectivity index (χ0) is 30.2. The second kappa shape index (κ2) is 16.5. The zero-order valence-electron chi connectivity index (χ0n) is 26.8. The predicted octanol–water partition coefficient (Wildman–Crippen LogP) is 8.86. The molecule has 234 valence electrons. The van der Waals surface area contributed by atoms with Gasteiger partial charge in [0.25, 0.3) is 0 Å². The minimum atomic E-state index is -1.95. The van der Waals surface area contributed by atoms with E-state index in [2.05, 4.69) is 134 Å². The first-order chi connectivity index (χ1) is 21.8. The van der Waals surface area contributed by atoms with Gasteiger partial charge in [0.05, 0.1) is 0 Å². The molecule has 0 spiro atoms. The molecule has 0 bridgehead atoms. The molecule has 0 saturated carbocycles. The number of hydrogen-bond donors (Lipinski definition) is 0. The summed E-state index contributed by atoms with van der Waals surface area (Å²) in [7, 11) is -1.95. The smallest absolute Gasteiger partial charge is 0.117 e. The molecule has 0 aliphatic heterocycles. The lowest BCUT2D eigenvalue weighted by molar-refractivity contribution is -0.00000857. The lowest BCUT2D eigenvalue weighted by atomic mass is 9.93. The van der Waals surface area contributed by atoms with E-state index in [0.717, 1.165) is 6.16 Å². The molecule has 6 rings (SSSR count). The van der Waals surface area contributed by atoms with E-state index in [1.54, 1.807) is 20.5 Å². The summed E-state index contributed by atoms with van der Waals surface area (Å²) in [5.41, 5.74) is 3.33. The summed E-state index contributed by atoms with van der Waals surface area (Å²) < 4.78 is 3.12. The Morgan fingerprint density at radius 1 is 0.533 bits per heavy atom. The molecular weight excluding hydrogens is 667 g/mol. The van der Waals surface area contributed by atoms with Crippen LogP contribution in [0.4, 0.5) is 0 Å². The van der Waals surface area contributed by atoms with Crippen molar-refractivity contribution in [2.45, 2.75) is 84.2 Å². The van der Waals surface area contributed by atoms with Crippen LogP contribution in [0.3, 0.4) is 0 Å². The Bertz CT molecular complexity index is 1660. The monoisotopic (exact) mass is 712 g/mol. The van der Waals surface area contributed by atoms with Crippen LogP contribution in [0.5, 0.6) is 0 Å². The van der Waals surface area contributed by atoms with Gasteiger partial charge < -0.3 is 17.0 Å². The normalized spacial score (nSPS) is 11.7. The highest BCUT2D eigenvalue weighted by Crippen LogP contribution is 2.59. The number of rotatable bonds is 15. The van der Waals surface area contributed by atoms with Crippen LogP contribution in [-0.4, -0.2) is 0 Å². The van der Waals surface area contributed by atoms with Crippen LogP contribution < -0.4 is 32.9 Å². The van der Waals surface area contributed by atoms with Crippen molar-refractivity contribution in [1.82, 2.24) is 0 Å². The standard InChI is InChI=1S/C41H46PS2.BrH/c1-3-5-7-18-26-36-37(27-19-8-6-4-2)41-39(38-28-29-43-40(36)38)30-35(44-41)31-42(32-20-12-9-13-21-32,33-22-14-10-15-23-33)34-24-16-11-17-25-34;/h9-17,20-25,28-30H,3-8,18-19,26-27,31H2,1-2H3;1H/q+1;/p-1. The van der Waals surface area contributed by atoms with Crippen molar-refractivity contribution in [3.8, 4) is 0 Å². The lowest BCUT2D eigenvalue weighted by Crippen LogP contribution is -3.00. The Hall–Kier alpha value is -2.29. The molecule has 0 N–H and O–H groups in total. The highest BCUT2D eigenvalue weighted by atomic mass is 79.9. The topological polar surface area (TPSA) is 0 Å². The molecule has 0 aliphatic carbocycles. The van der Waals surface area contributed by atoms with Gasteiger partial charge in [-0.2, -0.15) is 0 Å². The molecule has 4 aromatic carbocycles. The van der Waals surface area contributed by atoms with Gasteiger partial charge in [0, 0.05) is 25.0 Å². The van der Waals surface area contributed by atoms with Gasteiger partial charge >= 0.3 is 0 Å². The fourth-order valence-electron chi connectivity index (χ4n) is 6.96. The quantitative estimate of drug-likeness (QED) is 0.0737. The molecule has 0 fully saturated rings. The maximum Gasteiger partial charge on any atom is 0.117 e. The number of unbranched alkanes of at least 4 members (excludes halogenated alkanes) is 6. The van der Waals surface area contributed by atoms with E-state index >= 15 is 0 Å². The summed E-state index contributed by atoms with van der Waals surface area (Å²) in [6.07, 6.45) is 14.0. The summed E-state index contributed by atoms with van der Waals surface area (Å²) in [5, 5.41) is 9.72. The largest absolute Gasteiger partial charge is 1.00 e. The maximum absolute atomic E-state index is 2.59. The molecular formula is C41H46BrPS2. The van der Waals surface area contributed by atoms with Gasteiger partial charge in [0.15, 0.2) is 0 Å². The second-order valence-electron chi connectivity index (χ2n) is 12.2. The summed E-state index contributed by atoms with van der Waals surface area (Å²) in [5.74, 6) is 0. The molecule has 0 atom stereocenters. The Kier molecular flexibility index (Phi) is 12.5. The van der Waals surface area contributed by atoms with E-state index in [1.807, 2.05) is 11.3 Å². The molecule has 6 aromatic rings. The van der Waals surface area contributed by atoms with Crippen LogP contribution in [0.15, 0.2) is 109 Å². The van der Waals surface area contributed by atoms with Crippen molar-refractivity contribution in [3.05, 3.63) is 125 Å². The highest BCUT2D eigenvalue weighted by Gasteiger charge is 2.45. The predicted molar refractivity (Wildman–Crippen MR) is 202 cm³/mol. The first kappa shape index (κ1) is 34.1. The van der Waals surface area contributed by atoms with Crippen LogP contribution in [0.1, 0.15) is 81.2 Å². The Morgan fingerprint density at radius 3 is 1.51 bits per heavy atom. The SMILES string of the molecule is CCCCCCc1c(CCCCCC)c2sc(C[P+](c3ccccc3)(c3ccccc3)c3ccccc3)cc2c2ccsc12.[Br-]. The Morgan fingerprint density at radius 2 is 1.02 bits per heavy atom. The Balaban J connectivity index is 0.00000400. The number of hydrogen-bond acceptors (Lipinski definition) is 2. The summed E-state index contributed by atoms with van der Waals surface area (Å²) in [6.45, 7) is 4.64. The van der Waals surface area contributed by atoms with E-state index in [-0.39, 0.29) is 17.0 Å². The van der Waals surface area contributed by atoms with Gasteiger partial charge in [-0.25, -0.2) is 0 Å². The molecule has 0 nitrogen and oxygen atoms in total. The van der Waals surface area contributed by atoms with E-state index in [4.69, 9.17) is 0 Å². The fourth-order valence-corrected chi connectivity index (χ4v) is 13.9. The van der Waals surface area contributed by atoms with Gasteiger partial charge in [-0.1, -0.05) is 107 Å². The first-order valence-electron chi connectivity index (χ1n) is 16.7. The number of halogens is 1. The average Bonchev–Trinajstić information content (AvgIpc) is 3.73. The van der Waals surface area contributed by atoms with Gasteiger partial charge in [-0.05, 0) is 90.7 Å². The summed E-state index contributed by atoms with van der Waals surface area (Å²) in [6, 6.07) is 39.2. The highest BCUT2D eigenvalue weighted by molar-refractivity contribution is 7.95. The van der Waals surface area contributed by atoms with Crippen molar-refractivity contribution in [2.24, 2.45) is 0 Å². The molecule has 0 aliphatic rings. The number of aryl methyl sites for hydroxylation is 2. The van der Waals surface area contributed by atoms with Crippen LogP contribution in [0, 0.1) is 0 Å². The molecule has 0 saturated heterocycles. The average molecular weight is 714 g/mol. The first-order valence-corrected chi connectivity index (χ1v) is 20.4. The third-order valence-electron chi connectivity index (χ3n) is 9.20. The fraction of sp³-hybridized carbons (Fsp3) is 0.317. The Labute approximate surface area is 290 Å². The van der Waals surface area contributed by atoms with Crippen LogP contribution in [0.2, 0.25) is 0 Å². The number of fused-ring (bicyclic) bond motifs is 3. The summed E-state index contributed by atoms with van der Waals surface area (Å²) >= 11 is 4.08. The van der Waals surface area contributed by atoms with Gasteiger partial charge in [0.1, 0.15) is 29.3 Å². The molecule has 0 radical (unpaired) electrons. The minimum absolute atomic E-state index is 0. The van der Waals surface area contributed by atoms with Crippen molar-refractivity contribution in [3.63, 3.8) is 0 Å². The van der Waals surface area contributed by atoms with Gasteiger partial charge in [-0.3, -0.25) is 0 Å². The van der Waals surface area contributed by atoms with E-state index in [0.29, 0.717) is 0 Å².